The molecule has 0 spiro atoms. The van der Waals surface area contributed by atoms with Crippen molar-refractivity contribution in [3.05, 3.63) is 64.7 Å². The van der Waals surface area contributed by atoms with Crippen molar-refractivity contribution in [2.45, 2.75) is 124 Å². The number of carbonyl (C=O) groups is 3. The van der Waals surface area contributed by atoms with Crippen molar-refractivity contribution in [2.75, 3.05) is 6.54 Å². The number of aromatic hydroxyl groups is 1. The largest absolute Gasteiger partial charge is 0.508 e. The SMILES string of the molecule is CCCCCCCCN(C(=O)C(Cc1ccc(O)cc1)NC(=O)OC(C)(C)C)C(C(=O)NC(C)C)c1cc(C)ccc1C. The Morgan fingerprint density at radius 1 is 0.907 bits per heavy atom. The summed E-state index contributed by atoms with van der Waals surface area (Å²) < 4.78 is 5.53. The molecule has 0 aromatic heterocycles. The molecule has 0 saturated heterocycles. The molecule has 3 amide bonds. The first-order valence-electron chi connectivity index (χ1n) is 15.7. The number of phenols is 1. The van der Waals surface area contributed by atoms with Gasteiger partial charge in [-0.1, -0.05) is 74.9 Å². The van der Waals surface area contributed by atoms with E-state index in [0.717, 1.165) is 54.4 Å². The van der Waals surface area contributed by atoms with Gasteiger partial charge in [0.1, 0.15) is 23.4 Å². The molecule has 2 unspecified atom stereocenters. The molecular weight excluding hydrogens is 542 g/mol. The highest BCUT2D eigenvalue weighted by molar-refractivity contribution is 5.92. The number of rotatable bonds is 15. The summed E-state index contributed by atoms with van der Waals surface area (Å²) >= 11 is 0. The van der Waals surface area contributed by atoms with Crippen LogP contribution in [0.3, 0.4) is 0 Å². The minimum Gasteiger partial charge on any atom is -0.508 e. The Hall–Kier alpha value is -3.55. The fraction of sp³-hybridized carbons (Fsp3) is 0.571. The smallest absolute Gasteiger partial charge is 0.408 e. The van der Waals surface area contributed by atoms with Crippen molar-refractivity contribution in [2.24, 2.45) is 0 Å². The zero-order valence-corrected chi connectivity index (χ0v) is 27.5. The molecule has 0 radical (unpaired) electrons. The van der Waals surface area contributed by atoms with Gasteiger partial charge in [-0.15, -0.1) is 0 Å². The fourth-order valence-electron chi connectivity index (χ4n) is 5.02. The molecule has 0 aliphatic carbocycles. The van der Waals surface area contributed by atoms with Crippen molar-refractivity contribution in [1.82, 2.24) is 15.5 Å². The van der Waals surface area contributed by atoms with Crippen molar-refractivity contribution in [1.29, 1.82) is 0 Å². The molecule has 3 N–H and O–H groups in total. The Labute approximate surface area is 258 Å². The van der Waals surface area contributed by atoms with Gasteiger partial charge in [-0.2, -0.15) is 0 Å². The minimum atomic E-state index is -1.00. The van der Waals surface area contributed by atoms with Crippen LogP contribution in [0.4, 0.5) is 4.79 Å². The summed E-state index contributed by atoms with van der Waals surface area (Å²) in [6.07, 6.45) is 5.60. The lowest BCUT2D eigenvalue weighted by atomic mass is 9.95. The first-order valence-corrected chi connectivity index (χ1v) is 15.7. The van der Waals surface area contributed by atoms with Crippen LogP contribution in [0.25, 0.3) is 0 Å². The predicted octanol–water partition coefficient (Wildman–Crippen LogP) is 6.90. The van der Waals surface area contributed by atoms with E-state index >= 15 is 0 Å². The normalized spacial score (nSPS) is 12.9. The highest BCUT2D eigenvalue weighted by Gasteiger charge is 2.37. The Bertz CT molecular complexity index is 1190. The summed E-state index contributed by atoms with van der Waals surface area (Å²) in [4.78, 5) is 43.2. The van der Waals surface area contributed by atoms with Crippen molar-refractivity contribution in [3.8, 4) is 5.75 Å². The van der Waals surface area contributed by atoms with E-state index in [0.29, 0.717) is 6.54 Å². The number of unbranched alkanes of at least 4 members (excludes halogenated alkanes) is 5. The number of hydrogen-bond acceptors (Lipinski definition) is 5. The van der Waals surface area contributed by atoms with E-state index in [4.69, 9.17) is 4.74 Å². The Kier molecular flexibility index (Phi) is 14.0. The summed E-state index contributed by atoms with van der Waals surface area (Å²) in [5.41, 5.74) is 2.65. The predicted molar refractivity (Wildman–Crippen MR) is 172 cm³/mol. The van der Waals surface area contributed by atoms with Gasteiger partial charge in [-0.25, -0.2) is 4.79 Å². The third kappa shape index (κ3) is 12.3. The average Bonchev–Trinajstić information content (AvgIpc) is 2.90. The van der Waals surface area contributed by atoms with E-state index < -0.39 is 23.8 Å². The number of aryl methyl sites for hydroxylation is 2. The van der Waals surface area contributed by atoms with E-state index in [1.165, 1.54) is 6.42 Å². The van der Waals surface area contributed by atoms with Crippen molar-refractivity contribution >= 4 is 17.9 Å². The van der Waals surface area contributed by atoms with E-state index in [1.807, 2.05) is 45.9 Å². The fourth-order valence-corrected chi connectivity index (χ4v) is 5.02. The van der Waals surface area contributed by atoms with Gasteiger partial charge in [0, 0.05) is 19.0 Å². The Morgan fingerprint density at radius 2 is 1.53 bits per heavy atom. The van der Waals surface area contributed by atoms with Crippen LogP contribution < -0.4 is 10.6 Å². The molecule has 8 heteroatoms. The van der Waals surface area contributed by atoms with Crippen LogP contribution in [0.5, 0.6) is 5.75 Å². The maximum absolute atomic E-state index is 14.6. The van der Waals surface area contributed by atoms with E-state index in [9.17, 15) is 19.5 Å². The third-order valence-electron chi connectivity index (χ3n) is 7.12. The number of nitrogens with one attached hydrogen (secondary N) is 2. The van der Waals surface area contributed by atoms with Crippen molar-refractivity contribution < 1.29 is 24.2 Å². The molecule has 43 heavy (non-hydrogen) atoms. The number of alkyl carbamates (subject to hydrolysis) is 1. The molecule has 2 atom stereocenters. The maximum Gasteiger partial charge on any atom is 0.408 e. The van der Waals surface area contributed by atoms with Crippen LogP contribution in [0.2, 0.25) is 0 Å². The lowest BCUT2D eigenvalue weighted by Crippen LogP contribution is -2.54. The topological polar surface area (TPSA) is 108 Å². The van der Waals surface area contributed by atoms with E-state index in [-0.39, 0.29) is 30.0 Å². The van der Waals surface area contributed by atoms with Gasteiger partial charge in [0.15, 0.2) is 0 Å². The molecule has 0 aliphatic rings. The minimum absolute atomic E-state index is 0.108. The zero-order chi connectivity index (χ0) is 32.2. The Balaban J connectivity index is 2.58. The highest BCUT2D eigenvalue weighted by atomic mass is 16.6. The number of phenolic OH excluding ortho intramolecular Hbond substituents is 1. The summed E-state index contributed by atoms with van der Waals surface area (Å²) in [6.45, 7) is 15.5. The van der Waals surface area contributed by atoms with Gasteiger partial charge in [0.2, 0.25) is 11.8 Å². The maximum atomic E-state index is 14.6. The average molecular weight is 596 g/mol. The molecule has 0 fully saturated rings. The van der Waals surface area contributed by atoms with Gasteiger partial charge in [-0.05, 0) is 83.7 Å². The monoisotopic (exact) mass is 595 g/mol. The number of ether oxygens (including phenoxy) is 1. The second-order valence-electron chi connectivity index (χ2n) is 12.8. The van der Waals surface area contributed by atoms with Crippen LogP contribution in [0.15, 0.2) is 42.5 Å². The number of carbonyl (C=O) groups excluding carboxylic acids is 3. The molecule has 2 aromatic carbocycles. The molecule has 2 rings (SSSR count). The quantitative estimate of drug-likeness (QED) is 0.194. The molecule has 8 nitrogen and oxygen atoms in total. The van der Waals surface area contributed by atoms with Crippen LogP contribution >= 0.6 is 0 Å². The van der Waals surface area contributed by atoms with Gasteiger partial charge in [0.25, 0.3) is 0 Å². The lowest BCUT2D eigenvalue weighted by molar-refractivity contribution is -0.142. The van der Waals surface area contributed by atoms with Gasteiger partial charge >= 0.3 is 6.09 Å². The summed E-state index contributed by atoms with van der Waals surface area (Å²) in [5.74, 6) is -0.516. The number of hydrogen-bond donors (Lipinski definition) is 3. The first kappa shape index (κ1) is 35.6. The first-order chi connectivity index (χ1) is 20.2. The summed E-state index contributed by atoms with van der Waals surface area (Å²) in [6, 6.07) is 10.5. The molecular formula is C35H53N3O5. The van der Waals surface area contributed by atoms with Crippen LogP contribution in [0, 0.1) is 13.8 Å². The van der Waals surface area contributed by atoms with Crippen LogP contribution in [-0.4, -0.2) is 52.1 Å². The molecule has 0 aliphatic heterocycles. The zero-order valence-electron chi connectivity index (χ0n) is 27.5. The second kappa shape index (κ2) is 16.9. The van der Waals surface area contributed by atoms with Gasteiger partial charge in [-0.3, -0.25) is 9.59 Å². The summed E-state index contributed by atoms with van der Waals surface area (Å²) in [5, 5.41) is 15.6. The number of amides is 3. The third-order valence-corrected chi connectivity index (χ3v) is 7.12. The standard InChI is InChI=1S/C35H53N3O5/c1-9-10-11-12-13-14-21-38(31(32(40)36-24(2)3)29-22-25(4)15-16-26(29)5)33(41)30(37-34(42)43-35(6,7)8)23-27-17-19-28(39)20-18-27/h15-20,22,24,30-31,39H,9-14,21,23H2,1-8H3,(H,36,40)(H,37,42). The molecule has 0 bridgehead atoms. The van der Waals surface area contributed by atoms with E-state index in [2.05, 4.69) is 17.6 Å². The van der Waals surface area contributed by atoms with Gasteiger partial charge in [0.05, 0.1) is 0 Å². The molecule has 238 valence electrons. The van der Waals surface area contributed by atoms with Gasteiger partial charge < -0.3 is 25.4 Å². The number of benzene rings is 2. The van der Waals surface area contributed by atoms with E-state index in [1.54, 1.807) is 49.9 Å². The van der Waals surface area contributed by atoms with Crippen molar-refractivity contribution in [3.63, 3.8) is 0 Å². The number of nitrogens with zero attached hydrogens (tertiary/aromatic N) is 1. The summed E-state index contributed by atoms with van der Waals surface area (Å²) in [7, 11) is 0. The molecule has 0 heterocycles. The van der Waals surface area contributed by atoms with Crippen LogP contribution in [0.1, 0.15) is 108 Å². The Morgan fingerprint density at radius 3 is 2.14 bits per heavy atom. The lowest BCUT2D eigenvalue weighted by Gasteiger charge is -2.35. The molecule has 0 saturated carbocycles. The molecule has 2 aromatic rings. The second-order valence-corrected chi connectivity index (χ2v) is 12.8. The van der Waals surface area contributed by atoms with Crippen LogP contribution in [-0.2, 0) is 20.7 Å². The highest BCUT2D eigenvalue weighted by Crippen LogP contribution is 2.28.